The zero-order valence-electron chi connectivity index (χ0n) is 14.5. The Labute approximate surface area is 137 Å². The third kappa shape index (κ3) is 4.31. The normalized spacial score (nSPS) is 19.5. The van der Waals surface area contributed by atoms with Gasteiger partial charge in [-0.1, -0.05) is 0 Å². The molecule has 23 heavy (non-hydrogen) atoms. The van der Waals surface area contributed by atoms with Crippen LogP contribution in [-0.4, -0.2) is 53.8 Å². The Hall–Kier alpha value is -1.89. The van der Waals surface area contributed by atoms with Crippen LogP contribution >= 0.6 is 0 Å². The van der Waals surface area contributed by atoms with E-state index in [4.69, 9.17) is 9.47 Å². The number of amides is 1. The molecule has 1 aliphatic rings. The zero-order valence-corrected chi connectivity index (χ0v) is 14.5. The SMILES string of the molecule is CNC(c1nccnc1OC)C1CCN(C(=O)OC(C)(C)C)C1. The van der Waals surface area contributed by atoms with Gasteiger partial charge in [0.2, 0.25) is 5.88 Å². The molecule has 7 nitrogen and oxygen atoms in total. The highest BCUT2D eigenvalue weighted by molar-refractivity contribution is 5.68. The maximum Gasteiger partial charge on any atom is 0.410 e. The van der Waals surface area contributed by atoms with Gasteiger partial charge in [0.25, 0.3) is 0 Å². The van der Waals surface area contributed by atoms with Crippen molar-refractivity contribution in [3.05, 3.63) is 18.1 Å². The van der Waals surface area contributed by atoms with Crippen LogP contribution in [-0.2, 0) is 4.74 Å². The first kappa shape index (κ1) is 17.5. The van der Waals surface area contributed by atoms with Gasteiger partial charge in [-0.2, -0.15) is 0 Å². The van der Waals surface area contributed by atoms with Crippen molar-refractivity contribution in [2.24, 2.45) is 5.92 Å². The summed E-state index contributed by atoms with van der Waals surface area (Å²) in [6.45, 7) is 6.93. The number of hydrogen-bond acceptors (Lipinski definition) is 6. The summed E-state index contributed by atoms with van der Waals surface area (Å²) in [5, 5.41) is 3.28. The number of carbonyl (C=O) groups is 1. The standard InChI is InChI=1S/C16H26N4O3/c1-16(2,3)23-15(21)20-9-6-11(10-20)12(17-4)13-14(22-5)19-8-7-18-13/h7-8,11-12,17H,6,9-10H2,1-5H3. The van der Waals surface area contributed by atoms with Gasteiger partial charge in [0.05, 0.1) is 13.2 Å². The van der Waals surface area contributed by atoms with Crippen molar-refractivity contribution in [1.82, 2.24) is 20.2 Å². The zero-order chi connectivity index (χ0) is 17.0. The predicted octanol–water partition coefficient (Wildman–Crippen LogP) is 2.00. The number of methoxy groups -OCH3 is 1. The summed E-state index contributed by atoms with van der Waals surface area (Å²) in [6.07, 6.45) is 3.88. The second-order valence-electron chi connectivity index (χ2n) is 6.69. The van der Waals surface area contributed by atoms with E-state index in [1.807, 2.05) is 27.8 Å². The van der Waals surface area contributed by atoms with Crippen molar-refractivity contribution >= 4 is 6.09 Å². The lowest BCUT2D eigenvalue weighted by Crippen LogP contribution is -2.36. The molecule has 2 unspecified atom stereocenters. The number of likely N-dealkylation sites (tertiary alicyclic amines) is 1. The minimum Gasteiger partial charge on any atom is -0.480 e. The first-order chi connectivity index (χ1) is 10.9. The van der Waals surface area contributed by atoms with Crippen LogP contribution in [0.1, 0.15) is 38.9 Å². The van der Waals surface area contributed by atoms with Gasteiger partial charge < -0.3 is 19.7 Å². The van der Waals surface area contributed by atoms with Crippen LogP contribution in [0.3, 0.4) is 0 Å². The van der Waals surface area contributed by atoms with Crippen LogP contribution in [0, 0.1) is 5.92 Å². The van der Waals surface area contributed by atoms with Crippen molar-refractivity contribution < 1.29 is 14.3 Å². The van der Waals surface area contributed by atoms with E-state index in [-0.39, 0.29) is 18.1 Å². The Morgan fingerprint density at radius 1 is 1.39 bits per heavy atom. The van der Waals surface area contributed by atoms with Crippen LogP contribution in [0.15, 0.2) is 12.4 Å². The van der Waals surface area contributed by atoms with Crippen LogP contribution in [0.5, 0.6) is 5.88 Å². The number of hydrogen-bond donors (Lipinski definition) is 1. The van der Waals surface area contributed by atoms with Crippen molar-refractivity contribution in [3.8, 4) is 5.88 Å². The molecule has 2 rings (SSSR count). The molecule has 7 heteroatoms. The lowest BCUT2D eigenvalue weighted by Gasteiger charge is -2.26. The molecule has 1 fully saturated rings. The Balaban J connectivity index is 2.08. The lowest BCUT2D eigenvalue weighted by atomic mass is 9.96. The lowest BCUT2D eigenvalue weighted by molar-refractivity contribution is 0.0285. The van der Waals surface area contributed by atoms with E-state index in [2.05, 4.69) is 15.3 Å². The molecule has 1 saturated heterocycles. The molecule has 0 radical (unpaired) electrons. The molecule has 2 heterocycles. The maximum absolute atomic E-state index is 12.2. The third-order valence-corrected chi connectivity index (χ3v) is 3.84. The highest BCUT2D eigenvalue weighted by atomic mass is 16.6. The average molecular weight is 322 g/mol. The minimum atomic E-state index is -0.480. The van der Waals surface area contributed by atoms with Crippen molar-refractivity contribution in [2.45, 2.75) is 38.8 Å². The molecule has 0 spiro atoms. The van der Waals surface area contributed by atoms with Gasteiger partial charge in [-0.05, 0) is 40.2 Å². The molecular formula is C16H26N4O3. The van der Waals surface area contributed by atoms with E-state index in [1.165, 1.54) is 0 Å². The van der Waals surface area contributed by atoms with E-state index < -0.39 is 5.60 Å². The van der Waals surface area contributed by atoms with E-state index in [0.29, 0.717) is 19.0 Å². The second kappa shape index (κ2) is 7.12. The van der Waals surface area contributed by atoms with Gasteiger partial charge in [0.1, 0.15) is 11.3 Å². The molecule has 128 valence electrons. The molecule has 1 aliphatic heterocycles. The van der Waals surface area contributed by atoms with Crippen LogP contribution in [0.2, 0.25) is 0 Å². The van der Waals surface area contributed by atoms with Gasteiger partial charge >= 0.3 is 6.09 Å². The van der Waals surface area contributed by atoms with Crippen molar-refractivity contribution in [3.63, 3.8) is 0 Å². The Morgan fingerprint density at radius 2 is 2.09 bits per heavy atom. The quantitative estimate of drug-likeness (QED) is 0.914. The first-order valence-corrected chi connectivity index (χ1v) is 7.85. The highest BCUT2D eigenvalue weighted by Gasteiger charge is 2.35. The summed E-state index contributed by atoms with van der Waals surface area (Å²) < 4.78 is 10.8. The van der Waals surface area contributed by atoms with Crippen LogP contribution in [0.4, 0.5) is 4.79 Å². The molecule has 1 aromatic heterocycles. The first-order valence-electron chi connectivity index (χ1n) is 7.85. The van der Waals surface area contributed by atoms with E-state index in [1.54, 1.807) is 24.4 Å². The number of nitrogens with zero attached hydrogens (tertiary/aromatic N) is 3. The van der Waals surface area contributed by atoms with E-state index >= 15 is 0 Å². The molecule has 0 aliphatic carbocycles. The third-order valence-electron chi connectivity index (χ3n) is 3.84. The molecule has 0 bridgehead atoms. The minimum absolute atomic E-state index is 0.0221. The molecule has 1 N–H and O–H groups in total. The summed E-state index contributed by atoms with van der Waals surface area (Å²) in [4.78, 5) is 22.6. The number of rotatable bonds is 4. The van der Waals surface area contributed by atoms with Crippen LogP contribution < -0.4 is 10.1 Å². The summed E-state index contributed by atoms with van der Waals surface area (Å²) in [5.74, 6) is 0.751. The van der Waals surface area contributed by atoms with Gasteiger partial charge in [-0.15, -0.1) is 0 Å². The molecule has 0 aromatic carbocycles. The average Bonchev–Trinajstić information content (AvgIpc) is 2.97. The molecule has 0 saturated carbocycles. The number of carbonyl (C=O) groups excluding carboxylic acids is 1. The smallest absolute Gasteiger partial charge is 0.410 e. The maximum atomic E-state index is 12.2. The molecular weight excluding hydrogens is 296 g/mol. The number of ether oxygens (including phenoxy) is 2. The summed E-state index contributed by atoms with van der Waals surface area (Å²) >= 11 is 0. The number of aromatic nitrogens is 2. The second-order valence-corrected chi connectivity index (χ2v) is 6.69. The van der Waals surface area contributed by atoms with Gasteiger partial charge in [-0.3, -0.25) is 4.98 Å². The highest BCUT2D eigenvalue weighted by Crippen LogP contribution is 2.32. The van der Waals surface area contributed by atoms with E-state index in [9.17, 15) is 4.79 Å². The Morgan fingerprint density at radius 3 is 2.70 bits per heavy atom. The fourth-order valence-corrected chi connectivity index (χ4v) is 2.85. The predicted molar refractivity (Wildman–Crippen MR) is 86.3 cm³/mol. The topological polar surface area (TPSA) is 76.6 Å². The summed E-state index contributed by atoms with van der Waals surface area (Å²) in [6, 6.07) is -0.0221. The fourth-order valence-electron chi connectivity index (χ4n) is 2.85. The Kier molecular flexibility index (Phi) is 5.41. The molecule has 1 aromatic rings. The van der Waals surface area contributed by atoms with Gasteiger partial charge in [0, 0.05) is 25.5 Å². The van der Waals surface area contributed by atoms with Crippen molar-refractivity contribution in [2.75, 3.05) is 27.2 Å². The number of nitrogens with one attached hydrogen (secondary N) is 1. The summed E-state index contributed by atoms with van der Waals surface area (Å²) in [7, 11) is 3.47. The van der Waals surface area contributed by atoms with Gasteiger partial charge in [0.15, 0.2) is 0 Å². The summed E-state index contributed by atoms with van der Waals surface area (Å²) in [5.41, 5.74) is 0.291. The largest absolute Gasteiger partial charge is 0.480 e. The van der Waals surface area contributed by atoms with Crippen LogP contribution in [0.25, 0.3) is 0 Å². The Bertz CT molecular complexity index is 544. The van der Waals surface area contributed by atoms with Gasteiger partial charge in [-0.25, -0.2) is 9.78 Å². The molecule has 2 atom stereocenters. The fraction of sp³-hybridized carbons (Fsp3) is 0.688. The van der Waals surface area contributed by atoms with Crippen molar-refractivity contribution in [1.29, 1.82) is 0 Å². The van der Waals surface area contributed by atoms with E-state index in [0.717, 1.165) is 12.1 Å². The molecule has 1 amide bonds. The monoisotopic (exact) mass is 322 g/mol.